The molecule has 102 valence electrons. The zero-order valence-electron chi connectivity index (χ0n) is 10.6. The Morgan fingerprint density at radius 1 is 1.50 bits per heavy atom. The number of hydrogen-bond acceptors (Lipinski definition) is 4. The van der Waals surface area contributed by atoms with Crippen molar-refractivity contribution in [3.8, 4) is 0 Å². The van der Waals surface area contributed by atoms with Crippen LogP contribution in [0.3, 0.4) is 0 Å². The summed E-state index contributed by atoms with van der Waals surface area (Å²) in [5.41, 5.74) is 6.20. The van der Waals surface area contributed by atoms with E-state index in [0.29, 0.717) is 29.7 Å². The van der Waals surface area contributed by atoms with Crippen molar-refractivity contribution < 1.29 is 9.84 Å². The van der Waals surface area contributed by atoms with E-state index in [1.54, 1.807) is 17.8 Å². The highest BCUT2D eigenvalue weighted by atomic mass is 35.5. The van der Waals surface area contributed by atoms with Gasteiger partial charge in [0.2, 0.25) is 0 Å². The second-order valence-electron chi connectivity index (χ2n) is 4.08. The fourth-order valence-corrected chi connectivity index (χ4v) is 2.40. The van der Waals surface area contributed by atoms with Gasteiger partial charge in [0.05, 0.1) is 23.4 Å². The lowest BCUT2D eigenvalue weighted by Crippen LogP contribution is -2.18. The largest absolute Gasteiger partial charge is 0.398 e. The van der Waals surface area contributed by atoms with E-state index in [2.05, 4.69) is 6.92 Å². The highest BCUT2D eigenvalue weighted by molar-refractivity contribution is 7.99. The smallest absolute Gasteiger partial charge is 0.0867 e. The van der Waals surface area contributed by atoms with Crippen LogP contribution in [0.4, 0.5) is 5.69 Å². The molecule has 0 aliphatic heterocycles. The lowest BCUT2D eigenvalue weighted by molar-refractivity contribution is 0.0473. The lowest BCUT2D eigenvalue weighted by Gasteiger charge is -2.11. The average Bonchev–Trinajstić information content (AvgIpc) is 2.36. The van der Waals surface area contributed by atoms with Gasteiger partial charge in [-0.05, 0) is 24.6 Å². The molecule has 1 rings (SSSR count). The Morgan fingerprint density at radius 2 is 2.28 bits per heavy atom. The van der Waals surface area contributed by atoms with Gasteiger partial charge in [-0.2, -0.15) is 0 Å². The third kappa shape index (κ3) is 5.96. The minimum absolute atomic E-state index is 0.385. The predicted molar refractivity (Wildman–Crippen MR) is 78.3 cm³/mol. The third-order valence-electron chi connectivity index (χ3n) is 2.37. The van der Waals surface area contributed by atoms with E-state index < -0.39 is 6.10 Å². The van der Waals surface area contributed by atoms with Crippen LogP contribution in [0.15, 0.2) is 23.1 Å². The topological polar surface area (TPSA) is 55.5 Å². The molecule has 18 heavy (non-hydrogen) atoms. The number of ether oxygens (including phenoxy) is 1. The lowest BCUT2D eigenvalue weighted by atomic mass is 10.3. The quantitative estimate of drug-likeness (QED) is 0.438. The number of halogens is 1. The van der Waals surface area contributed by atoms with E-state index in [9.17, 15) is 5.11 Å². The van der Waals surface area contributed by atoms with E-state index in [-0.39, 0.29) is 0 Å². The standard InChI is InChI=1S/C13H20ClNO2S/c1-2-3-6-17-8-10(16)9-18-11-4-5-13(15)12(14)7-11/h4-5,7,10,16H,2-3,6,8-9,15H2,1H3. The number of hydrogen-bond donors (Lipinski definition) is 2. The summed E-state index contributed by atoms with van der Waals surface area (Å²) in [5.74, 6) is 0.590. The van der Waals surface area contributed by atoms with Crippen molar-refractivity contribution in [2.75, 3.05) is 24.7 Å². The van der Waals surface area contributed by atoms with Crippen LogP contribution in [0.5, 0.6) is 0 Å². The molecule has 5 heteroatoms. The summed E-state index contributed by atoms with van der Waals surface area (Å²) in [6.45, 7) is 3.21. The number of nitrogen functional groups attached to an aromatic ring is 1. The summed E-state index contributed by atoms with van der Waals surface area (Å²) < 4.78 is 5.36. The molecular weight excluding hydrogens is 270 g/mol. The van der Waals surface area contributed by atoms with Gasteiger partial charge >= 0.3 is 0 Å². The SMILES string of the molecule is CCCCOCC(O)CSc1ccc(N)c(Cl)c1. The number of aliphatic hydroxyl groups excluding tert-OH is 1. The molecule has 0 aliphatic carbocycles. The maximum Gasteiger partial charge on any atom is 0.0867 e. The molecular formula is C13H20ClNO2S. The first-order chi connectivity index (χ1) is 8.63. The molecule has 3 N–H and O–H groups in total. The van der Waals surface area contributed by atoms with Gasteiger partial charge in [0.15, 0.2) is 0 Å². The van der Waals surface area contributed by atoms with Crippen molar-refractivity contribution in [1.82, 2.24) is 0 Å². The van der Waals surface area contributed by atoms with Crippen LogP contribution in [0, 0.1) is 0 Å². The van der Waals surface area contributed by atoms with Crippen molar-refractivity contribution in [3.05, 3.63) is 23.2 Å². The number of unbranched alkanes of at least 4 members (excludes halogenated alkanes) is 1. The van der Waals surface area contributed by atoms with Gasteiger partial charge in [0.25, 0.3) is 0 Å². The number of anilines is 1. The Balaban J connectivity index is 2.24. The van der Waals surface area contributed by atoms with Gasteiger partial charge in [-0.1, -0.05) is 24.9 Å². The molecule has 0 aliphatic rings. The molecule has 1 atom stereocenters. The Labute approximate surface area is 118 Å². The first-order valence-corrected chi connectivity index (χ1v) is 7.43. The van der Waals surface area contributed by atoms with Crippen molar-refractivity contribution >= 4 is 29.1 Å². The summed E-state index contributed by atoms with van der Waals surface area (Å²) in [6.07, 6.45) is 1.69. The van der Waals surface area contributed by atoms with Gasteiger partial charge in [0.1, 0.15) is 0 Å². The Kier molecular flexibility index (Phi) is 7.51. The van der Waals surface area contributed by atoms with E-state index in [4.69, 9.17) is 22.1 Å². The molecule has 1 aromatic rings. The van der Waals surface area contributed by atoms with Crippen molar-refractivity contribution in [3.63, 3.8) is 0 Å². The minimum Gasteiger partial charge on any atom is -0.398 e. The van der Waals surface area contributed by atoms with Crippen LogP contribution in [-0.2, 0) is 4.74 Å². The van der Waals surface area contributed by atoms with E-state index in [1.165, 1.54) is 0 Å². The highest BCUT2D eigenvalue weighted by Gasteiger charge is 2.06. The molecule has 0 aromatic heterocycles. The maximum absolute atomic E-state index is 9.73. The molecule has 0 spiro atoms. The van der Waals surface area contributed by atoms with Gasteiger partial charge in [-0.25, -0.2) is 0 Å². The van der Waals surface area contributed by atoms with Gasteiger partial charge in [-0.3, -0.25) is 0 Å². The fourth-order valence-electron chi connectivity index (χ4n) is 1.30. The monoisotopic (exact) mass is 289 g/mol. The Morgan fingerprint density at radius 3 is 2.94 bits per heavy atom. The van der Waals surface area contributed by atoms with Gasteiger partial charge < -0.3 is 15.6 Å². The van der Waals surface area contributed by atoms with Crippen LogP contribution in [-0.4, -0.2) is 30.2 Å². The molecule has 0 fully saturated rings. The van der Waals surface area contributed by atoms with Crippen LogP contribution in [0.25, 0.3) is 0 Å². The zero-order valence-corrected chi connectivity index (χ0v) is 12.1. The number of benzene rings is 1. The first kappa shape index (κ1) is 15.6. The number of nitrogens with two attached hydrogens (primary N) is 1. The molecule has 0 heterocycles. The Hall–Kier alpha value is -0.420. The van der Waals surface area contributed by atoms with E-state index >= 15 is 0 Å². The van der Waals surface area contributed by atoms with Gasteiger partial charge in [0, 0.05) is 17.3 Å². The summed E-state index contributed by atoms with van der Waals surface area (Å²) in [7, 11) is 0. The summed E-state index contributed by atoms with van der Waals surface area (Å²) >= 11 is 7.47. The minimum atomic E-state index is -0.455. The summed E-state index contributed by atoms with van der Waals surface area (Å²) in [6, 6.07) is 5.48. The Bertz CT molecular complexity index is 363. The highest BCUT2D eigenvalue weighted by Crippen LogP contribution is 2.26. The second kappa shape index (κ2) is 8.64. The molecule has 0 amide bonds. The van der Waals surface area contributed by atoms with Crippen LogP contribution in [0.2, 0.25) is 5.02 Å². The molecule has 0 saturated carbocycles. The second-order valence-corrected chi connectivity index (χ2v) is 5.58. The number of aliphatic hydroxyl groups is 1. The van der Waals surface area contributed by atoms with Crippen LogP contribution < -0.4 is 5.73 Å². The van der Waals surface area contributed by atoms with Crippen LogP contribution in [0.1, 0.15) is 19.8 Å². The molecule has 0 bridgehead atoms. The normalized spacial score (nSPS) is 12.6. The molecule has 1 aromatic carbocycles. The summed E-state index contributed by atoms with van der Waals surface area (Å²) in [5, 5.41) is 10.3. The summed E-state index contributed by atoms with van der Waals surface area (Å²) in [4.78, 5) is 1.00. The van der Waals surface area contributed by atoms with Crippen molar-refractivity contribution in [2.45, 2.75) is 30.8 Å². The molecule has 1 unspecified atom stereocenters. The van der Waals surface area contributed by atoms with Crippen LogP contribution >= 0.6 is 23.4 Å². The number of thioether (sulfide) groups is 1. The molecule has 0 saturated heterocycles. The number of rotatable bonds is 8. The molecule has 3 nitrogen and oxygen atoms in total. The third-order valence-corrected chi connectivity index (χ3v) is 3.83. The zero-order chi connectivity index (χ0) is 13.4. The molecule has 0 radical (unpaired) electrons. The van der Waals surface area contributed by atoms with E-state index in [0.717, 1.165) is 17.7 Å². The van der Waals surface area contributed by atoms with Crippen molar-refractivity contribution in [2.24, 2.45) is 0 Å². The maximum atomic E-state index is 9.73. The van der Waals surface area contributed by atoms with Gasteiger partial charge in [-0.15, -0.1) is 11.8 Å². The predicted octanol–water partition coefficient (Wildman–Crippen LogP) is 3.19. The fraction of sp³-hybridized carbons (Fsp3) is 0.538. The average molecular weight is 290 g/mol. The van der Waals surface area contributed by atoms with Crippen molar-refractivity contribution in [1.29, 1.82) is 0 Å². The first-order valence-electron chi connectivity index (χ1n) is 6.07. The van der Waals surface area contributed by atoms with E-state index in [1.807, 2.05) is 12.1 Å².